The first kappa shape index (κ1) is 20.0. The molecule has 1 aliphatic carbocycles. The Morgan fingerprint density at radius 2 is 1.86 bits per heavy atom. The van der Waals surface area contributed by atoms with E-state index in [-0.39, 0.29) is 6.04 Å². The molecule has 1 aromatic carbocycles. The van der Waals surface area contributed by atoms with Crippen LogP contribution in [0.25, 0.3) is 5.69 Å². The number of carbonyl (C=O) groups excluding carboxylic acids is 2. The fraction of sp³-hybridized carbons (Fsp3) is 0.500. The van der Waals surface area contributed by atoms with E-state index in [9.17, 15) is 9.59 Å². The Morgan fingerprint density at radius 3 is 2.46 bits per heavy atom. The average Bonchev–Trinajstić information content (AvgIpc) is 3.24. The molecule has 1 atom stereocenters. The van der Waals surface area contributed by atoms with E-state index in [1.54, 1.807) is 35.3 Å². The van der Waals surface area contributed by atoms with Gasteiger partial charge in [0.2, 0.25) is 0 Å². The van der Waals surface area contributed by atoms with Crippen LogP contribution in [-0.4, -0.2) is 58.2 Å². The van der Waals surface area contributed by atoms with E-state index < -0.39 is 11.8 Å². The molecule has 8 heteroatoms. The summed E-state index contributed by atoms with van der Waals surface area (Å²) < 4.78 is 1.62. The van der Waals surface area contributed by atoms with Crippen molar-refractivity contribution in [2.45, 2.75) is 38.1 Å². The van der Waals surface area contributed by atoms with Crippen molar-refractivity contribution >= 4 is 17.5 Å². The van der Waals surface area contributed by atoms with E-state index in [0.29, 0.717) is 18.2 Å². The lowest BCUT2D eigenvalue weighted by atomic mass is 9.83. The third kappa shape index (κ3) is 5.16. The highest BCUT2D eigenvalue weighted by atomic mass is 16.2. The number of nitrogens with one attached hydrogen (secondary N) is 2. The third-order valence-corrected chi connectivity index (χ3v) is 5.34. The zero-order valence-electron chi connectivity index (χ0n) is 16.5. The second-order valence-electron chi connectivity index (χ2n) is 7.48. The molecule has 1 heterocycles. The number of rotatable bonds is 6. The first-order chi connectivity index (χ1) is 13.5. The molecule has 2 N–H and O–H groups in total. The number of amides is 2. The maximum absolute atomic E-state index is 12.2. The molecule has 1 aromatic heterocycles. The Balaban J connectivity index is 1.51. The number of nitrogens with zero attached hydrogens (tertiary/aromatic N) is 4. The predicted molar refractivity (Wildman–Crippen MR) is 107 cm³/mol. The number of likely N-dealkylation sites (N-methyl/N-ethyl adjacent to an activating group) is 1. The summed E-state index contributed by atoms with van der Waals surface area (Å²) in [4.78, 5) is 30.5. The van der Waals surface area contributed by atoms with E-state index >= 15 is 0 Å². The Kier molecular flexibility index (Phi) is 6.76. The number of hydrogen-bond acceptors (Lipinski definition) is 5. The van der Waals surface area contributed by atoms with E-state index in [4.69, 9.17) is 0 Å². The summed E-state index contributed by atoms with van der Waals surface area (Å²) in [6, 6.07) is 7.31. The number of anilines is 1. The Bertz CT molecular complexity index is 767. The van der Waals surface area contributed by atoms with E-state index in [1.165, 1.54) is 38.4 Å². The van der Waals surface area contributed by atoms with Gasteiger partial charge in [-0.3, -0.25) is 9.59 Å². The van der Waals surface area contributed by atoms with Crippen LogP contribution >= 0.6 is 0 Å². The lowest BCUT2D eigenvalue weighted by Crippen LogP contribution is -2.47. The van der Waals surface area contributed by atoms with Crippen LogP contribution in [-0.2, 0) is 9.59 Å². The molecule has 1 saturated carbocycles. The van der Waals surface area contributed by atoms with Crippen molar-refractivity contribution in [3.8, 4) is 5.69 Å². The van der Waals surface area contributed by atoms with Crippen molar-refractivity contribution in [3.05, 3.63) is 36.9 Å². The lowest BCUT2D eigenvalue weighted by Gasteiger charge is -2.34. The van der Waals surface area contributed by atoms with Gasteiger partial charge in [0.05, 0.1) is 5.69 Å². The topological polar surface area (TPSA) is 92.2 Å². The van der Waals surface area contributed by atoms with Gasteiger partial charge >= 0.3 is 11.8 Å². The SMILES string of the molecule is CN(C)C(CNC(=O)C(=O)Nc1ccc(-n2cncn2)cc1)C1CCCCC1. The zero-order valence-corrected chi connectivity index (χ0v) is 16.5. The first-order valence-corrected chi connectivity index (χ1v) is 9.75. The summed E-state index contributed by atoms with van der Waals surface area (Å²) in [6.45, 7) is 0.481. The highest BCUT2D eigenvalue weighted by molar-refractivity contribution is 6.39. The lowest BCUT2D eigenvalue weighted by molar-refractivity contribution is -0.136. The monoisotopic (exact) mass is 384 g/mol. The Morgan fingerprint density at radius 1 is 1.14 bits per heavy atom. The summed E-state index contributed by atoms with van der Waals surface area (Å²) in [6.07, 6.45) is 9.19. The molecule has 1 fully saturated rings. The van der Waals surface area contributed by atoms with Crippen molar-refractivity contribution in [1.82, 2.24) is 25.0 Å². The summed E-state index contributed by atoms with van der Waals surface area (Å²) >= 11 is 0. The average molecular weight is 384 g/mol. The summed E-state index contributed by atoms with van der Waals surface area (Å²) in [5, 5.41) is 9.49. The minimum atomic E-state index is -0.658. The fourth-order valence-electron chi connectivity index (χ4n) is 3.79. The van der Waals surface area contributed by atoms with Gasteiger partial charge in [0.25, 0.3) is 0 Å². The van der Waals surface area contributed by atoms with Crippen molar-refractivity contribution in [3.63, 3.8) is 0 Å². The molecule has 0 aliphatic heterocycles. The van der Waals surface area contributed by atoms with Crippen LogP contribution in [0.15, 0.2) is 36.9 Å². The largest absolute Gasteiger partial charge is 0.346 e. The van der Waals surface area contributed by atoms with Gasteiger partial charge in [-0.1, -0.05) is 19.3 Å². The van der Waals surface area contributed by atoms with Crippen LogP contribution in [0.2, 0.25) is 0 Å². The first-order valence-electron chi connectivity index (χ1n) is 9.75. The van der Waals surface area contributed by atoms with Gasteiger partial charge in [0.1, 0.15) is 12.7 Å². The van der Waals surface area contributed by atoms with Crippen LogP contribution in [0.1, 0.15) is 32.1 Å². The molecule has 0 bridgehead atoms. The second kappa shape index (κ2) is 9.45. The molecule has 2 aromatic rings. The van der Waals surface area contributed by atoms with E-state index in [0.717, 1.165) is 5.69 Å². The third-order valence-electron chi connectivity index (χ3n) is 5.34. The molecular weight excluding hydrogens is 356 g/mol. The minimum absolute atomic E-state index is 0.249. The van der Waals surface area contributed by atoms with Crippen molar-refractivity contribution in [2.24, 2.45) is 5.92 Å². The molecule has 2 amide bonds. The summed E-state index contributed by atoms with van der Waals surface area (Å²) in [7, 11) is 4.06. The van der Waals surface area contributed by atoms with Gasteiger partial charge in [0.15, 0.2) is 0 Å². The molecular formula is C20H28N6O2. The molecule has 8 nitrogen and oxygen atoms in total. The molecule has 0 saturated heterocycles. The number of hydrogen-bond donors (Lipinski definition) is 2. The normalized spacial score (nSPS) is 16.0. The van der Waals surface area contributed by atoms with Crippen LogP contribution in [0, 0.1) is 5.92 Å². The van der Waals surface area contributed by atoms with Crippen molar-refractivity contribution in [1.29, 1.82) is 0 Å². The van der Waals surface area contributed by atoms with Gasteiger partial charge in [-0.25, -0.2) is 9.67 Å². The molecule has 3 rings (SSSR count). The second-order valence-corrected chi connectivity index (χ2v) is 7.48. The molecule has 28 heavy (non-hydrogen) atoms. The van der Waals surface area contributed by atoms with Gasteiger partial charge in [-0.2, -0.15) is 5.10 Å². The van der Waals surface area contributed by atoms with Gasteiger partial charge < -0.3 is 15.5 Å². The highest BCUT2D eigenvalue weighted by Crippen LogP contribution is 2.28. The Labute approximate surface area is 165 Å². The van der Waals surface area contributed by atoms with Crippen LogP contribution in [0.5, 0.6) is 0 Å². The van der Waals surface area contributed by atoms with Crippen LogP contribution in [0.4, 0.5) is 5.69 Å². The molecule has 1 unspecified atom stereocenters. The number of aromatic nitrogens is 3. The molecule has 0 radical (unpaired) electrons. The maximum atomic E-state index is 12.2. The number of benzene rings is 1. The van der Waals surface area contributed by atoms with Crippen molar-refractivity contribution in [2.75, 3.05) is 26.0 Å². The molecule has 150 valence electrons. The number of carbonyl (C=O) groups is 2. The summed E-state index contributed by atoms with van der Waals surface area (Å²) in [5.41, 5.74) is 1.38. The van der Waals surface area contributed by atoms with Gasteiger partial charge in [-0.05, 0) is 57.1 Å². The van der Waals surface area contributed by atoms with E-state index in [1.807, 2.05) is 14.1 Å². The predicted octanol–water partition coefficient (Wildman–Crippen LogP) is 1.83. The molecule has 0 spiro atoms. The van der Waals surface area contributed by atoms with Gasteiger partial charge in [0, 0.05) is 18.3 Å². The fourth-order valence-corrected chi connectivity index (χ4v) is 3.79. The van der Waals surface area contributed by atoms with E-state index in [2.05, 4.69) is 25.6 Å². The maximum Gasteiger partial charge on any atom is 0.313 e. The smallest absolute Gasteiger partial charge is 0.313 e. The van der Waals surface area contributed by atoms with Crippen molar-refractivity contribution < 1.29 is 9.59 Å². The van der Waals surface area contributed by atoms with Crippen LogP contribution < -0.4 is 10.6 Å². The highest BCUT2D eigenvalue weighted by Gasteiger charge is 2.26. The quantitative estimate of drug-likeness (QED) is 0.742. The zero-order chi connectivity index (χ0) is 19.9. The minimum Gasteiger partial charge on any atom is -0.346 e. The van der Waals surface area contributed by atoms with Crippen LogP contribution in [0.3, 0.4) is 0 Å². The van der Waals surface area contributed by atoms with Gasteiger partial charge in [-0.15, -0.1) is 0 Å². The standard InChI is InChI=1S/C20H28N6O2/c1-25(2)18(15-6-4-3-5-7-15)12-22-19(27)20(28)24-16-8-10-17(11-9-16)26-14-21-13-23-26/h8-11,13-15,18H,3-7,12H2,1-2H3,(H,22,27)(H,24,28). The summed E-state index contributed by atoms with van der Waals surface area (Å²) in [5.74, 6) is -0.700. The Hall–Kier alpha value is -2.74. The molecule has 1 aliphatic rings.